The highest BCUT2D eigenvalue weighted by atomic mass is 79.9. The summed E-state index contributed by atoms with van der Waals surface area (Å²) < 4.78 is 26.6. The first-order chi connectivity index (χ1) is 8.11. The summed E-state index contributed by atoms with van der Waals surface area (Å²) in [5, 5.41) is 3.28. The Morgan fingerprint density at radius 2 is 2.18 bits per heavy atom. The lowest BCUT2D eigenvalue weighted by molar-refractivity contribution is 0.489. The van der Waals surface area contributed by atoms with Crippen LogP contribution in [0.2, 0.25) is 0 Å². The Bertz CT molecular complexity index is 393. The van der Waals surface area contributed by atoms with Gasteiger partial charge in [-0.2, -0.15) is 0 Å². The van der Waals surface area contributed by atoms with Gasteiger partial charge in [0.2, 0.25) is 0 Å². The van der Waals surface area contributed by atoms with E-state index >= 15 is 0 Å². The molecule has 1 N–H and O–H groups in total. The lowest BCUT2D eigenvalue weighted by Crippen LogP contribution is -2.22. The topological polar surface area (TPSA) is 12.0 Å². The van der Waals surface area contributed by atoms with E-state index in [9.17, 15) is 8.78 Å². The van der Waals surface area contributed by atoms with Crippen molar-refractivity contribution in [2.45, 2.75) is 25.8 Å². The van der Waals surface area contributed by atoms with Crippen molar-refractivity contribution in [3.8, 4) is 0 Å². The van der Waals surface area contributed by atoms with Crippen LogP contribution in [0.1, 0.15) is 31.4 Å². The Morgan fingerprint density at radius 3 is 2.76 bits per heavy atom. The van der Waals surface area contributed by atoms with Gasteiger partial charge in [-0.05, 0) is 46.9 Å². The zero-order valence-corrected chi connectivity index (χ0v) is 11.4. The smallest absolute Gasteiger partial charge is 0.173 e. The molecule has 0 spiro atoms. The van der Waals surface area contributed by atoms with Crippen LogP contribution in [-0.4, -0.2) is 6.54 Å². The second-order valence-corrected chi connectivity index (χ2v) is 4.59. The van der Waals surface area contributed by atoms with Crippen LogP contribution in [0.4, 0.5) is 8.78 Å². The largest absolute Gasteiger partial charge is 0.310 e. The third-order valence-electron chi connectivity index (χ3n) is 2.48. The fraction of sp³-hybridized carbons (Fsp3) is 0.385. The maximum Gasteiger partial charge on any atom is 0.173 e. The van der Waals surface area contributed by atoms with E-state index in [2.05, 4.69) is 34.7 Å². The van der Waals surface area contributed by atoms with Gasteiger partial charge < -0.3 is 5.32 Å². The van der Waals surface area contributed by atoms with Gasteiger partial charge in [0.25, 0.3) is 0 Å². The van der Waals surface area contributed by atoms with Crippen molar-refractivity contribution in [3.05, 3.63) is 46.5 Å². The van der Waals surface area contributed by atoms with E-state index in [1.807, 2.05) is 0 Å². The number of hydrogen-bond acceptors (Lipinski definition) is 1. The molecule has 1 rings (SSSR count). The lowest BCUT2D eigenvalue weighted by Gasteiger charge is -2.19. The van der Waals surface area contributed by atoms with Gasteiger partial charge in [-0.3, -0.25) is 0 Å². The van der Waals surface area contributed by atoms with Gasteiger partial charge in [-0.15, -0.1) is 6.58 Å². The Balaban J connectivity index is 3.00. The third kappa shape index (κ3) is 3.61. The highest BCUT2D eigenvalue weighted by Crippen LogP contribution is 2.29. The van der Waals surface area contributed by atoms with Crippen molar-refractivity contribution in [1.82, 2.24) is 5.32 Å². The second-order valence-electron chi connectivity index (χ2n) is 3.80. The van der Waals surface area contributed by atoms with Gasteiger partial charge >= 0.3 is 0 Å². The van der Waals surface area contributed by atoms with E-state index in [-0.39, 0.29) is 10.5 Å². The molecule has 0 aliphatic rings. The molecule has 4 heteroatoms. The molecule has 0 radical (unpaired) electrons. The zero-order valence-electron chi connectivity index (χ0n) is 9.77. The van der Waals surface area contributed by atoms with Gasteiger partial charge in [0.05, 0.1) is 4.47 Å². The minimum atomic E-state index is -0.839. The molecule has 17 heavy (non-hydrogen) atoms. The van der Waals surface area contributed by atoms with Gasteiger partial charge in [-0.25, -0.2) is 8.78 Å². The summed E-state index contributed by atoms with van der Waals surface area (Å²) in [5.41, 5.74) is 0.720. The third-order valence-corrected chi connectivity index (χ3v) is 3.29. The van der Waals surface area contributed by atoms with Gasteiger partial charge in [0.15, 0.2) is 11.6 Å². The van der Waals surface area contributed by atoms with Crippen LogP contribution in [-0.2, 0) is 0 Å². The van der Waals surface area contributed by atoms with E-state index in [0.29, 0.717) is 6.42 Å². The Hall–Kier alpha value is -0.740. The van der Waals surface area contributed by atoms with Crippen LogP contribution in [0.5, 0.6) is 0 Å². The number of benzene rings is 1. The Kier molecular flexibility index (Phi) is 5.78. The average Bonchev–Trinajstić information content (AvgIpc) is 2.32. The molecule has 1 unspecified atom stereocenters. The van der Waals surface area contributed by atoms with Crippen LogP contribution < -0.4 is 5.32 Å². The molecule has 0 fully saturated rings. The molecule has 0 saturated heterocycles. The van der Waals surface area contributed by atoms with Crippen LogP contribution >= 0.6 is 15.9 Å². The first-order valence-corrected chi connectivity index (χ1v) is 6.38. The summed E-state index contributed by atoms with van der Waals surface area (Å²) in [5.74, 6) is -1.68. The summed E-state index contributed by atoms with van der Waals surface area (Å²) in [6.07, 6.45) is 3.42. The van der Waals surface area contributed by atoms with Gasteiger partial charge in [0.1, 0.15) is 0 Å². The zero-order chi connectivity index (χ0) is 12.8. The van der Waals surface area contributed by atoms with Crippen molar-refractivity contribution < 1.29 is 8.78 Å². The summed E-state index contributed by atoms with van der Waals surface area (Å²) in [6, 6.07) is 2.70. The standard InChI is InChI=1S/C13H16BrF2N/c1-3-5-11(17-8-4-2)9-6-7-10(15)13(16)12(9)14/h3,6-7,11,17H,1,4-5,8H2,2H3. The predicted molar refractivity (Wildman–Crippen MR) is 69.9 cm³/mol. The molecule has 0 aliphatic carbocycles. The van der Waals surface area contributed by atoms with E-state index in [1.54, 1.807) is 12.1 Å². The summed E-state index contributed by atoms with van der Waals surface area (Å²) in [6.45, 7) is 6.56. The van der Waals surface area contributed by atoms with Crippen molar-refractivity contribution in [2.75, 3.05) is 6.54 Å². The molecule has 0 amide bonds. The number of halogens is 3. The lowest BCUT2D eigenvalue weighted by atomic mass is 10.0. The average molecular weight is 304 g/mol. The summed E-state index contributed by atoms with van der Waals surface area (Å²) >= 11 is 3.10. The van der Waals surface area contributed by atoms with Crippen LogP contribution in [0.15, 0.2) is 29.3 Å². The fourth-order valence-electron chi connectivity index (χ4n) is 1.62. The molecule has 0 heterocycles. The SMILES string of the molecule is C=CCC(NCCC)c1ccc(F)c(F)c1Br. The van der Waals surface area contributed by atoms with E-state index < -0.39 is 11.6 Å². The van der Waals surface area contributed by atoms with Gasteiger partial charge in [-0.1, -0.05) is 19.1 Å². The van der Waals surface area contributed by atoms with E-state index in [0.717, 1.165) is 24.6 Å². The normalized spacial score (nSPS) is 12.5. The van der Waals surface area contributed by atoms with Crippen molar-refractivity contribution in [3.63, 3.8) is 0 Å². The molecule has 1 aromatic carbocycles. The van der Waals surface area contributed by atoms with E-state index in [1.165, 1.54) is 0 Å². The minimum absolute atomic E-state index is 0.0445. The second kappa shape index (κ2) is 6.87. The molecule has 0 aliphatic heterocycles. The van der Waals surface area contributed by atoms with Crippen LogP contribution in [0, 0.1) is 11.6 Å². The molecule has 0 saturated carbocycles. The fourth-order valence-corrected chi connectivity index (χ4v) is 2.21. The molecule has 1 aromatic rings. The van der Waals surface area contributed by atoms with Crippen LogP contribution in [0.3, 0.4) is 0 Å². The Morgan fingerprint density at radius 1 is 1.47 bits per heavy atom. The molecule has 0 bridgehead atoms. The number of nitrogens with one attached hydrogen (secondary N) is 1. The minimum Gasteiger partial charge on any atom is -0.310 e. The molecule has 0 aromatic heterocycles. The number of rotatable bonds is 6. The highest BCUT2D eigenvalue weighted by Gasteiger charge is 2.17. The first-order valence-electron chi connectivity index (χ1n) is 5.59. The quantitative estimate of drug-likeness (QED) is 0.609. The molecule has 94 valence electrons. The maximum atomic E-state index is 13.4. The molecule has 1 nitrogen and oxygen atoms in total. The first kappa shape index (κ1) is 14.3. The predicted octanol–water partition coefficient (Wildman–Crippen LogP) is 4.34. The Labute approximate surface area is 109 Å². The highest BCUT2D eigenvalue weighted by molar-refractivity contribution is 9.10. The molecule has 1 atom stereocenters. The monoisotopic (exact) mass is 303 g/mol. The molecular weight excluding hydrogens is 288 g/mol. The summed E-state index contributed by atoms with van der Waals surface area (Å²) in [7, 11) is 0. The van der Waals surface area contributed by atoms with Gasteiger partial charge in [0, 0.05) is 6.04 Å². The van der Waals surface area contributed by atoms with E-state index in [4.69, 9.17) is 0 Å². The van der Waals surface area contributed by atoms with Crippen molar-refractivity contribution in [2.24, 2.45) is 0 Å². The molecular formula is C13H16BrF2N. The van der Waals surface area contributed by atoms with Crippen molar-refractivity contribution in [1.29, 1.82) is 0 Å². The van der Waals surface area contributed by atoms with Crippen LogP contribution in [0.25, 0.3) is 0 Å². The maximum absolute atomic E-state index is 13.4. The summed E-state index contributed by atoms with van der Waals surface area (Å²) in [4.78, 5) is 0. The van der Waals surface area contributed by atoms with Crippen molar-refractivity contribution >= 4 is 15.9 Å². The number of hydrogen-bond donors (Lipinski definition) is 1.